The van der Waals surface area contributed by atoms with E-state index in [0.29, 0.717) is 31.0 Å². The molecule has 1 aliphatic heterocycles. The minimum Gasteiger partial charge on any atom is -0.494 e. The van der Waals surface area contributed by atoms with E-state index in [2.05, 4.69) is 20.3 Å². The van der Waals surface area contributed by atoms with E-state index in [1.807, 2.05) is 25.1 Å². The highest BCUT2D eigenvalue weighted by Crippen LogP contribution is 2.21. The van der Waals surface area contributed by atoms with Crippen molar-refractivity contribution in [3.05, 3.63) is 53.1 Å². The second-order valence-electron chi connectivity index (χ2n) is 5.65. The zero-order valence-electron chi connectivity index (χ0n) is 14.3. The van der Waals surface area contributed by atoms with Crippen LogP contribution in [0.3, 0.4) is 0 Å². The second kappa shape index (κ2) is 7.74. The summed E-state index contributed by atoms with van der Waals surface area (Å²) in [5.74, 6) is 0.753. The van der Waals surface area contributed by atoms with E-state index in [9.17, 15) is 4.79 Å². The number of benzene rings is 1. The van der Waals surface area contributed by atoms with E-state index in [1.165, 1.54) is 0 Å². The molecule has 0 unspecified atom stereocenters. The molecule has 4 bridgehead atoms. The monoisotopic (exact) mass is 340 g/mol. The molecular formula is C18H20N4O3. The number of aryl methyl sites for hydroxylation is 1. The molecular weight excluding hydrogens is 320 g/mol. The van der Waals surface area contributed by atoms with E-state index in [1.54, 1.807) is 19.4 Å². The first kappa shape index (κ1) is 16.9. The molecule has 2 heterocycles. The molecule has 0 radical (unpaired) electrons. The number of hydrogen-bond donors (Lipinski definition) is 1. The van der Waals surface area contributed by atoms with Gasteiger partial charge in [-0.2, -0.15) is 0 Å². The lowest BCUT2D eigenvalue weighted by atomic mass is 10.0. The number of amides is 1. The molecule has 1 aromatic carbocycles. The van der Waals surface area contributed by atoms with E-state index >= 15 is 0 Å². The molecule has 1 aromatic heterocycles. The first-order chi connectivity index (χ1) is 12.2. The summed E-state index contributed by atoms with van der Waals surface area (Å²) >= 11 is 0. The lowest BCUT2D eigenvalue weighted by molar-refractivity contribution is 0.137. The molecule has 1 N–H and O–H groups in total. The summed E-state index contributed by atoms with van der Waals surface area (Å²) in [4.78, 5) is 24.8. The van der Waals surface area contributed by atoms with Gasteiger partial charge in [0.25, 0.3) is 0 Å². The molecule has 25 heavy (non-hydrogen) atoms. The van der Waals surface area contributed by atoms with Crippen molar-refractivity contribution in [2.45, 2.75) is 20.0 Å². The Morgan fingerprint density at radius 1 is 1.24 bits per heavy atom. The Kier molecular flexibility index (Phi) is 5.23. The van der Waals surface area contributed by atoms with Crippen molar-refractivity contribution in [3.8, 4) is 5.75 Å². The van der Waals surface area contributed by atoms with Crippen molar-refractivity contribution in [2.24, 2.45) is 4.99 Å². The van der Waals surface area contributed by atoms with E-state index < -0.39 is 6.09 Å². The fourth-order valence-corrected chi connectivity index (χ4v) is 2.55. The van der Waals surface area contributed by atoms with Crippen LogP contribution in [-0.4, -0.2) is 42.0 Å². The SMILES string of the molecule is CN=C1c2cncc(n2)COC(=O)NCCCOc2ccc(C)c1c2. The maximum Gasteiger partial charge on any atom is 0.407 e. The van der Waals surface area contributed by atoms with Crippen LogP contribution < -0.4 is 10.1 Å². The summed E-state index contributed by atoms with van der Waals surface area (Å²) in [5, 5.41) is 2.68. The molecule has 7 nitrogen and oxygen atoms in total. The Labute approximate surface area is 146 Å². The summed E-state index contributed by atoms with van der Waals surface area (Å²) < 4.78 is 10.9. The Bertz CT molecular complexity index is 805. The third-order valence-electron chi connectivity index (χ3n) is 3.83. The first-order valence-corrected chi connectivity index (χ1v) is 8.10. The average molecular weight is 340 g/mol. The number of nitrogens with zero attached hydrogens (tertiary/aromatic N) is 3. The third-order valence-corrected chi connectivity index (χ3v) is 3.83. The van der Waals surface area contributed by atoms with E-state index in [-0.39, 0.29) is 6.61 Å². The average Bonchev–Trinajstić information content (AvgIpc) is 2.62. The number of ether oxygens (including phenoxy) is 2. The van der Waals surface area contributed by atoms with Crippen molar-refractivity contribution < 1.29 is 14.3 Å². The molecule has 2 aromatic rings. The molecule has 1 amide bonds. The zero-order chi connectivity index (χ0) is 17.6. The summed E-state index contributed by atoms with van der Waals surface area (Å²) in [6.07, 6.45) is 3.43. The van der Waals surface area contributed by atoms with Gasteiger partial charge in [-0.05, 0) is 31.0 Å². The minimum atomic E-state index is -0.483. The second-order valence-corrected chi connectivity index (χ2v) is 5.65. The number of fused-ring (bicyclic) bond motifs is 4. The van der Waals surface area contributed by atoms with Crippen molar-refractivity contribution >= 4 is 11.8 Å². The van der Waals surface area contributed by atoms with Crippen molar-refractivity contribution in [1.29, 1.82) is 0 Å². The van der Waals surface area contributed by atoms with Crippen molar-refractivity contribution in [2.75, 3.05) is 20.2 Å². The van der Waals surface area contributed by atoms with Gasteiger partial charge in [0.15, 0.2) is 0 Å². The largest absolute Gasteiger partial charge is 0.494 e. The normalized spacial score (nSPS) is 16.9. The Balaban J connectivity index is 2.02. The van der Waals surface area contributed by atoms with Crippen LogP contribution in [0.2, 0.25) is 0 Å². The molecule has 7 heteroatoms. The number of carbonyl (C=O) groups excluding carboxylic acids is 1. The van der Waals surface area contributed by atoms with Crippen LogP contribution >= 0.6 is 0 Å². The number of aliphatic imine (C=N–C) groups is 1. The first-order valence-electron chi connectivity index (χ1n) is 8.10. The number of alkyl carbamates (subject to hydrolysis) is 1. The predicted octanol–water partition coefficient (Wildman–Crippen LogP) is 2.26. The van der Waals surface area contributed by atoms with Crippen molar-refractivity contribution in [3.63, 3.8) is 0 Å². The lowest BCUT2D eigenvalue weighted by Crippen LogP contribution is -2.26. The number of nitrogens with one attached hydrogen (secondary N) is 1. The fourth-order valence-electron chi connectivity index (χ4n) is 2.55. The molecule has 0 saturated carbocycles. The molecule has 0 atom stereocenters. The molecule has 130 valence electrons. The van der Waals surface area contributed by atoms with Gasteiger partial charge in [-0.15, -0.1) is 0 Å². The summed E-state index contributed by atoms with van der Waals surface area (Å²) in [5.41, 5.74) is 3.92. The van der Waals surface area contributed by atoms with Crippen LogP contribution in [0.4, 0.5) is 4.79 Å². The van der Waals surface area contributed by atoms with Crippen LogP contribution in [0.15, 0.2) is 35.6 Å². The Morgan fingerprint density at radius 2 is 2.12 bits per heavy atom. The maximum atomic E-state index is 11.7. The standard InChI is InChI=1S/C18H20N4O3/c1-12-4-5-14-8-15(12)17(19-2)16-10-20-9-13(22-16)11-25-18(23)21-6-3-7-24-14/h4-5,8-10H,3,6-7,11H2,1-2H3,(H,21,23). The molecule has 3 rings (SSSR count). The highest BCUT2D eigenvalue weighted by molar-refractivity contribution is 6.12. The summed E-state index contributed by atoms with van der Waals surface area (Å²) in [6, 6.07) is 5.88. The molecule has 0 aliphatic carbocycles. The van der Waals surface area contributed by atoms with E-state index in [0.717, 1.165) is 22.6 Å². The number of rotatable bonds is 0. The third kappa shape index (κ3) is 4.12. The van der Waals surface area contributed by atoms with E-state index in [4.69, 9.17) is 9.47 Å². The van der Waals surface area contributed by atoms with Crippen LogP contribution in [0.1, 0.15) is 28.9 Å². The smallest absolute Gasteiger partial charge is 0.407 e. The van der Waals surface area contributed by atoms with Crippen LogP contribution in [0.25, 0.3) is 0 Å². The number of cyclic esters (lactones) is 1. The number of carbonyl (C=O) groups is 1. The van der Waals surface area contributed by atoms with Gasteiger partial charge >= 0.3 is 6.09 Å². The highest BCUT2D eigenvalue weighted by Gasteiger charge is 2.14. The topological polar surface area (TPSA) is 85.7 Å². The molecule has 0 fully saturated rings. The Morgan fingerprint density at radius 3 is 2.96 bits per heavy atom. The molecule has 0 saturated heterocycles. The van der Waals surface area contributed by atoms with Gasteiger partial charge in [-0.25, -0.2) is 9.78 Å². The van der Waals surface area contributed by atoms with Gasteiger partial charge < -0.3 is 14.8 Å². The maximum absolute atomic E-state index is 11.7. The highest BCUT2D eigenvalue weighted by atomic mass is 16.5. The van der Waals surface area contributed by atoms with Crippen LogP contribution in [-0.2, 0) is 11.3 Å². The molecule has 0 spiro atoms. The van der Waals surface area contributed by atoms with Gasteiger partial charge in [-0.1, -0.05) is 6.07 Å². The summed E-state index contributed by atoms with van der Waals surface area (Å²) in [7, 11) is 1.72. The predicted molar refractivity (Wildman–Crippen MR) is 93.1 cm³/mol. The van der Waals surface area contributed by atoms with Gasteiger partial charge in [0.2, 0.25) is 0 Å². The molecule has 1 aliphatic rings. The van der Waals surface area contributed by atoms with Gasteiger partial charge in [-0.3, -0.25) is 9.98 Å². The van der Waals surface area contributed by atoms with Gasteiger partial charge in [0, 0.05) is 19.2 Å². The van der Waals surface area contributed by atoms with Crippen LogP contribution in [0, 0.1) is 6.92 Å². The summed E-state index contributed by atoms with van der Waals surface area (Å²) in [6.45, 7) is 3.04. The zero-order valence-corrected chi connectivity index (χ0v) is 14.3. The number of hydrogen-bond acceptors (Lipinski definition) is 6. The van der Waals surface area contributed by atoms with Gasteiger partial charge in [0.05, 0.1) is 30.4 Å². The quantitative estimate of drug-likeness (QED) is 0.795. The fraction of sp³-hybridized carbons (Fsp3) is 0.333. The number of aromatic nitrogens is 2. The lowest BCUT2D eigenvalue weighted by Gasteiger charge is -2.12. The van der Waals surface area contributed by atoms with Gasteiger partial charge in [0.1, 0.15) is 18.1 Å². The minimum absolute atomic E-state index is 0.0548. The van der Waals surface area contributed by atoms with Crippen LogP contribution in [0.5, 0.6) is 5.75 Å². The van der Waals surface area contributed by atoms with Crippen molar-refractivity contribution in [1.82, 2.24) is 15.3 Å². The Hall–Kier alpha value is -2.96.